The molecule has 2 rings (SSSR count). The first-order valence-corrected chi connectivity index (χ1v) is 8.63. The van der Waals surface area contributed by atoms with Crippen LogP contribution in [-0.4, -0.2) is 16.5 Å². The third kappa shape index (κ3) is 5.90. The van der Waals surface area contributed by atoms with Crippen LogP contribution in [0.15, 0.2) is 53.6 Å². The van der Waals surface area contributed by atoms with Crippen LogP contribution in [0.5, 0.6) is 0 Å². The second kappa shape index (κ2) is 9.26. The Labute approximate surface area is 136 Å². The Kier molecular flexibility index (Phi) is 6.97. The van der Waals surface area contributed by atoms with Crippen molar-refractivity contribution in [2.75, 3.05) is 11.5 Å². The van der Waals surface area contributed by atoms with E-state index in [1.807, 2.05) is 17.8 Å². The Morgan fingerprint density at radius 1 is 1.05 bits per heavy atom. The predicted molar refractivity (Wildman–Crippen MR) is 93.0 cm³/mol. The second-order valence-corrected chi connectivity index (χ2v) is 6.40. The van der Waals surface area contributed by atoms with Crippen LogP contribution in [0.3, 0.4) is 0 Å². The summed E-state index contributed by atoms with van der Waals surface area (Å²) >= 11 is 1.87. The predicted octanol–water partition coefficient (Wildman–Crippen LogP) is 4.13. The van der Waals surface area contributed by atoms with E-state index < -0.39 is 0 Å². The molecule has 1 heterocycles. The number of benzene rings is 1. The summed E-state index contributed by atoms with van der Waals surface area (Å²) in [6.07, 6.45) is 5.82. The molecule has 0 bridgehead atoms. The van der Waals surface area contributed by atoms with Crippen molar-refractivity contribution in [3.8, 4) is 0 Å². The number of hydrogen-bond donors (Lipinski definition) is 1. The Hall–Kier alpha value is -1.81. The summed E-state index contributed by atoms with van der Waals surface area (Å²) in [5, 5.41) is 0. The Balaban J connectivity index is 1.57. The molecule has 2 N–H and O–H groups in total. The smallest absolute Gasteiger partial charge is 0.138 e. The van der Waals surface area contributed by atoms with E-state index in [1.165, 1.54) is 4.90 Å². The highest BCUT2D eigenvalue weighted by molar-refractivity contribution is 7.99. The number of nitrogen functional groups attached to an aromatic ring is 1. The molecule has 0 saturated carbocycles. The van der Waals surface area contributed by atoms with Crippen molar-refractivity contribution in [2.24, 2.45) is 0 Å². The fourth-order valence-corrected chi connectivity index (χ4v) is 3.11. The molecule has 0 amide bonds. The fraction of sp³-hybridized carbons (Fsp3) is 0.333. The topological polar surface area (TPSA) is 56.0 Å². The van der Waals surface area contributed by atoms with Crippen molar-refractivity contribution in [2.45, 2.75) is 37.0 Å². The van der Waals surface area contributed by atoms with Gasteiger partial charge in [-0.2, -0.15) is 0 Å². The Morgan fingerprint density at radius 3 is 2.64 bits per heavy atom. The number of hydrogen-bond acceptors (Lipinski definition) is 4. The molecule has 1 aromatic heterocycles. The van der Waals surface area contributed by atoms with E-state index in [2.05, 4.69) is 29.2 Å². The van der Waals surface area contributed by atoms with E-state index >= 15 is 0 Å². The summed E-state index contributed by atoms with van der Waals surface area (Å²) < 4.78 is 0. The summed E-state index contributed by atoms with van der Waals surface area (Å²) in [6, 6.07) is 14.0. The molecule has 0 aliphatic carbocycles. The molecule has 116 valence electrons. The van der Waals surface area contributed by atoms with Gasteiger partial charge >= 0.3 is 0 Å². The van der Waals surface area contributed by atoms with Crippen LogP contribution >= 0.6 is 11.8 Å². The largest absolute Gasteiger partial charge is 0.397 e. The average molecular weight is 314 g/mol. The first kappa shape index (κ1) is 16.6. The summed E-state index contributed by atoms with van der Waals surface area (Å²) in [7, 11) is 0. The van der Waals surface area contributed by atoms with E-state index in [0.29, 0.717) is 24.2 Å². The Bertz CT molecular complexity index is 587. The zero-order valence-electron chi connectivity index (χ0n) is 12.7. The van der Waals surface area contributed by atoms with E-state index in [0.717, 1.165) is 25.0 Å². The zero-order chi connectivity index (χ0) is 15.6. The van der Waals surface area contributed by atoms with Gasteiger partial charge in [-0.1, -0.05) is 24.6 Å². The van der Waals surface area contributed by atoms with Gasteiger partial charge in [0, 0.05) is 17.5 Å². The summed E-state index contributed by atoms with van der Waals surface area (Å²) in [5.41, 5.74) is 7.11. The molecule has 3 nitrogen and oxygen atoms in total. The highest BCUT2D eigenvalue weighted by Gasteiger charge is 2.07. The molecular formula is C18H22N2OS. The molecule has 0 saturated heterocycles. The fourth-order valence-electron chi connectivity index (χ4n) is 2.18. The van der Waals surface area contributed by atoms with Crippen molar-refractivity contribution >= 4 is 23.2 Å². The van der Waals surface area contributed by atoms with Gasteiger partial charge in [-0.05, 0) is 42.9 Å². The molecule has 0 aliphatic heterocycles. The maximum atomic E-state index is 11.9. The quantitative estimate of drug-likeness (QED) is 0.558. The highest BCUT2D eigenvalue weighted by atomic mass is 32.2. The SMILES string of the molecule is Nc1cccnc1CC(=O)CCCCCSc1ccccc1. The van der Waals surface area contributed by atoms with Gasteiger partial charge in [0.1, 0.15) is 5.78 Å². The van der Waals surface area contributed by atoms with Gasteiger partial charge in [0.2, 0.25) is 0 Å². The van der Waals surface area contributed by atoms with Crippen molar-refractivity contribution < 1.29 is 4.79 Å². The molecule has 0 fully saturated rings. The molecule has 1 aromatic carbocycles. The van der Waals surface area contributed by atoms with Crippen LogP contribution in [0.1, 0.15) is 31.4 Å². The minimum absolute atomic E-state index is 0.223. The lowest BCUT2D eigenvalue weighted by Crippen LogP contribution is -2.06. The number of rotatable bonds is 9. The van der Waals surface area contributed by atoms with Crippen LogP contribution < -0.4 is 5.73 Å². The molecule has 0 unspecified atom stereocenters. The standard InChI is InChI=1S/C18H22N2OS/c19-17-11-7-12-20-18(17)14-15(21)8-3-2-6-13-22-16-9-4-1-5-10-16/h1,4-5,7,9-12H,2-3,6,8,13-14,19H2. The number of thioether (sulfide) groups is 1. The van der Waals surface area contributed by atoms with Gasteiger partial charge in [-0.15, -0.1) is 11.8 Å². The zero-order valence-corrected chi connectivity index (χ0v) is 13.5. The number of nitrogens with two attached hydrogens (primary N) is 1. The highest BCUT2D eigenvalue weighted by Crippen LogP contribution is 2.19. The first-order chi connectivity index (χ1) is 10.8. The molecule has 22 heavy (non-hydrogen) atoms. The van der Waals surface area contributed by atoms with Crippen molar-refractivity contribution in [3.63, 3.8) is 0 Å². The van der Waals surface area contributed by atoms with Gasteiger partial charge in [0.25, 0.3) is 0 Å². The maximum Gasteiger partial charge on any atom is 0.138 e. The lowest BCUT2D eigenvalue weighted by atomic mass is 10.1. The summed E-state index contributed by atoms with van der Waals surface area (Å²) in [6.45, 7) is 0. The lowest BCUT2D eigenvalue weighted by Gasteiger charge is -2.04. The first-order valence-electron chi connectivity index (χ1n) is 7.64. The van der Waals surface area contributed by atoms with E-state index in [-0.39, 0.29) is 5.78 Å². The Morgan fingerprint density at radius 2 is 1.86 bits per heavy atom. The van der Waals surface area contributed by atoms with Crippen LogP contribution in [0.25, 0.3) is 0 Å². The van der Waals surface area contributed by atoms with Crippen LogP contribution in [-0.2, 0) is 11.2 Å². The number of unbranched alkanes of at least 4 members (excludes halogenated alkanes) is 2. The number of anilines is 1. The van der Waals surface area contributed by atoms with E-state index in [9.17, 15) is 4.79 Å². The van der Waals surface area contributed by atoms with Crippen LogP contribution in [0, 0.1) is 0 Å². The number of Topliss-reactive ketones (excluding diaryl/α,β-unsaturated/α-hetero) is 1. The maximum absolute atomic E-state index is 11.9. The van der Waals surface area contributed by atoms with Crippen LogP contribution in [0.4, 0.5) is 5.69 Å². The summed E-state index contributed by atoms with van der Waals surface area (Å²) in [5.74, 6) is 1.33. The third-order valence-electron chi connectivity index (χ3n) is 3.40. The van der Waals surface area contributed by atoms with Gasteiger partial charge in [0.15, 0.2) is 0 Å². The number of carbonyl (C=O) groups is 1. The number of ketones is 1. The molecule has 0 aliphatic rings. The molecule has 0 spiro atoms. The van der Waals surface area contributed by atoms with Gasteiger partial charge < -0.3 is 5.73 Å². The molecule has 0 atom stereocenters. The average Bonchev–Trinajstić information content (AvgIpc) is 2.54. The lowest BCUT2D eigenvalue weighted by molar-refractivity contribution is -0.118. The van der Waals surface area contributed by atoms with Crippen molar-refractivity contribution in [3.05, 3.63) is 54.4 Å². The van der Waals surface area contributed by atoms with Gasteiger partial charge in [0.05, 0.1) is 17.8 Å². The van der Waals surface area contributed by atoms with Crippen molar-refractivity contribution in [1.29, 1.82) is 0 Å². The minimum atomic E-state index is 0.223. The minimum Gasteiger partial charge on any atom is -0.397 e. The normalized spacial score (nSPS) is 10.5. The number of nitrogens with zero attached hydrogens (tertiary/aromatic N) is 1. The number of carbonyl (C=O) groups excluding carboxylic acids is 1. The molecule has 2 aromatic rings. The molecular weight excluding hydrogens is 292 g/mol. The number of aromatic nitrogens is 1. The van der Waals surface area contributed by atoms with E-state index in [4.69, 9.17) is 5.73 Å². The molecule has 0 radical (unpaired) electrons. The summed E-state index contributed by atoms with van der Waals surface area (Å²) in [4.78, 5) is 17.4. The van der Waals surface area contributed by atoms with E-state index in [1.54, 1.807) is 18.3 Å². The third-order valence-corrected chi connectivity index (χ3v) is 4.50. The van der Waals surface area contributed by atoms with Crippen molar-refractivity contribution in [1.82, 2.24) is 4.98 Å². The number of pyridine rings is 1. The van der Waals surface area contributed by atoms with Gasteiger partial charge in [-0.3, -0.25) is 9.78 Å². The van der Waals surface area contributed by atoms with Gasteiger partial charge in [-0.25, -0.2) is 0 Å². The molecule has 4 heteroatoms. The second-order valence-electron chi connectivity index (χ2n) is 5.23. The monoisotopic (exact) mass is 314 g/mol. The van der Waals surface area contributed by atoms with Crippen LogP contribution in [0.2, 0.25) is 0 Å².